The van der Waals surface area contributed by atoms with Crippen LogP contribution in [0.4, 0.5) is 5.13 Å². The second kappa shape index (κ2) is 6.15. The average Bonchev–Trinajstić information content (AvgIpc) is 2.89. The van der Waals surface area contributed by atoms with Gasteiger partial charge in [-0.25, -0.2) is 4.98 Å². The van der Waals surface area contributed by atoms with Gasteiger partial charge in [-0.2, -0.15) is 0 Å². The van der Waals surface area contributed by atoms with E-state index in [9.17, 15) is 4.79 Å². The van der Waals surface area contributed by atoms with Crippen LogP contribution < -0.4 is 10.1 Å². The van der Waals surface area contributed by atoms with Gasteiger partial charge in [-0.3, -0.25) is 10.1 Å². The summed E-state index contributed by atoms with van der Waals surface area (Å²) in [6, 6.07) is 7.02. The summed E-state index contributed by atoms with van der Waals surface area (Å²) >= 11 is 1.38. The van der Waals surface area contributed by atoms with Crippen molar-refractivity contribution < 1.29 is 9.53 Å². The van der Waals surface area contributed by atoms with Gasteiger partial charge in [0.25, 0.3) is 5.91 Å². The van der Waals surface area contributed by atoms with Crippen LogP contribution in [0, 0.1) is 0 Å². The number of carbonyl (C=O) groups excluding carboxylic acids is 1. The van der Waals surface area contributed by atoms with Crippen LogP contribution >= 0.6 is 11.3 Å². The molecule has 4 nitrogen and oxygen atoms in total. The quantitative estimate of drug-likeness (QED) is 0.851. The van der Waals surface area contributed by atoms with Gasteiger partial charge >= 0.3 is 0 Å². The van der Waals surface area contributed by atoms with E-state index < -0.39 is 0 Å². The SMILES string of the molecule is C=C(C)COc1cccc(C(=O)Nc2nccs2)c1. The molecule has 1 heterocycles. The van der Waals surface area contributed by atoms with E-state index in [1.165, 1.54) is 11.3 Å². The Morgan fingerprint density at radius 3 is 3.05 bits per heavy atom. The highest BCUT2D eigenvalue weighted by Gasteiger charge is 2.08. The zero-order valence-corrected chi connectivity index (χ0v) is 11.4. The van der Waals surface area contributed by atoms with Crippen LogP contribution in [0.15, 0.2) is 48.0 Å². The molecular formula is C14H14N2O2S. The van der Waals surface area contributed by atoms with Gasteiger partial charge in [-0.05, 0) is 30.7 Å². The molecule has 1 aromatic carbocycles. The van der Waals surface area contributed by atoms with E-state index >= 15 is 0 Å². The number of amides is 1. The standard InChI is InChI=1S/C14H14N2O2S/c1-10(2)9-18-12-5-3-4-11(8-12)13(17)16-14-15-6-7-19-14/h3-8H,1,9H2,2H3,(H,15,16,17). The van der Waals surface area contributed by atoms with Crippen LogP contribution in [0.25, 0.3) is 0 Å². The molecule has 0 saturated carbocycles. The van der Waals surface area contributed by atoms with E-state index in [2.05, 4.69) is 16.9 Å². The van der Waals surface area contributed by atoms with Gasteiger partial charge in [0.05, 0.1) is 0 Å². The van der Waals surface area contributed by atoms with Crippen LogP contribution in [0.1, 0.15) is 17.3 Å². The molecule has 0 fully saturated rings. The van der Waals surface area contributed by atoms with Crippen molar-refractivity contribution in [3.05, 3.63) is 53.6 Å². The topological polar surface area (TPSA) is 51.2 Å². The monoisotopic (exact) mass is 274 g/mol. The van der Waals surface area contributed by atoms with Gasteiger partial charge in [0.1, 0.15) is 12.4 Å². The van der Waals surface area contributed by atoms with Gasteiger partial charge in [0, 0.05) is 17.1 Å². The normalized spacial score (nSPS) is 9.95. The van der Waals surface area contributed by atoms with Crippen molar-refractivity contribution in [1.29, 1.82) is 0 Å². The van der Waals surface area contributed by atoms with Crippen molar-refractivity contribution in [2.75, 3.05) is 11.9 Å². The van der Waals surface area contributed by atoms with Crippen LogP contribution in [0.2, 0.25) is 0 Å². The number of thiazole rings is 1. The molecule has 5 heteroatoms. The molecule has 19 heavy (non-hydrogen) atoms. The average molecular weight is 274 g/mol. The number of anilines is 1. The van der Waals surface area contributed by atoms with E-state index in [1.807, 2.05) is 18.4 Å². The molecule has 0 spiro atoms. The van der Waals surface area contributed by atoms with E-state index in [0.717, 1.165) is 5.57 Å². The largest absolute Gasteiger partial charge is 0.489 e. The van der Waals surface area contributed by atoms with E-state index in [4.69, 9.17) is 4.74 Å². The Bertz CT molecular complexity index is 579. The summed E-state index contributed by atoms with van der Waals surface area (Å²) < 4.78 is 5.50. The molecule has 0 aliphatic heterocycles. The summed E-state index contributed by atoms with van der Waals surface area (Å²) in [7, 11) is 0. The smallest absolute Gasteiger partial charge is 0.257 e. The molecule has 0 unspecified atom stereocenters. The molecule has 0 aliphatic rings. The first kappa shape index (κ1) is 13.3. The first-order chi connectivity index (χ1) is 9.15. The molecule has 2 rings (SSSR count). The Morgan fingerprint density at radius 2 is 2.37 bits per heavy atom. The highest BCUT2D eigenvalue weighted by Crippen LogP contribution is 2.16. The molecule has 0 saturated heterocycles. The minimum atomic E-state index is -0.198. The minimum absolute atomic E-state index is 0.198. The summed E-state index contributed by atoms with van der Waals surface area (Å²) in [4.78, 5) is 16.0. The number of aromatic nitrogens is 1. The maximum atomic E-state index is 12.0. The third-order valence-electron chi connectivity index (χ3n) is 2.23. The fourth-order valence-electron chi connectivity index (χ4n) is 1.39. The third kappa shape index (κ3) is 3.93. The molecule has 0 radical (unpaired) electrons. The van der Waals surface area contributed by atoms with Gasteiger partial charge < -0.3 is 4.74 Å². The number of hydrogen-bond donors (Lipinski definition) is 1. The molecule has 0 bridgehead atoms. The molecule has 0 aliphatic carbocycles. The number of ether oxygens (including phenoxy) is 1. The lowest BCUT2D eigenvalue weighted by atomic mass is 10.2. The molecule has 1 aromatic heterocycles. The van der Waals surface area contributed by atoms with Crippen LogP contribution in [0.5, 0.6) is 5.75 Å². The highest BCUT2D eigenvalue weighted by atomic mass is 32.1. The summed E-state index contributed by atoms with van der Waals surface area (Å²) in [5, 5.41) is 5.11. The number of benzene rings is 1. The second-order valence-corrected chi connectivity index (χ2v) is 4.96. The van der Waals surface area contributed by atoms with Crippen molar-refractivity contribution in [2.24, 2.45) is 0 Å². The number of rotatable bonds is 5. The van der Waals surface area contributed by atoms with Crippen LogP contribution in [-0.4, -0.2) is 17.5 Å². The van der Waals surface area contributed by atoms with Crippen molar-refractivity contribution >= 4 is 22.4 Å². The number of carbonyl (C=O) groups is 1. The van der Waals surface area contributed by atoms with Crippen molar-refractivity contribution in [3.8, 4) is 5.75 Å². The van der Waals surface area contributed by atoms with Crippen molar-refractivity contribution in [3.63, 3.8) is 0 Å². The molecule has 1 N–H and O–H groups in total. The Labute approximate surface area is 115 Å². The maximum Gasteiger partial charge on any atom is 0.257 e. The van der Waals surface area contributed by atoms with Crippen LogP contribution in [-0.2, 0) is 0 Å². The second-order valence-electron chi connectivity index (χ2n) is 4.06. The highest BCUT2D eigenvalue weighted by molar-refractivity contribution is 7.13. The van der Waals surface area contributed by atoms with E-state index in [0.29, 0.717) is 23.1 Å². The van der Waals surface area contributed by atoms with Crippen molar-refractivity contribution in [2.45, 2.75) is 6.92 Å². The minimum Gasteiger partial charge on any atom is -0.489 e. The van der Waals surface area contributed by atoms with Gasteiger partial charge in [0.15, 0.2) is 5.13 Å². The number of hydrogen-bond acceptors (Lipinski definition) is 4. The van der Waals surface area contributed by atoms with E-state index in [-0.39, 0.29) is 5.91 Å². The first-order valence-corrected chi connectivity index (χ1v) is 6.61. The molecule has 1 amide bonds. The molecule has 98 valence electrons. The Balaban J connectivity index is 2.05. The summed E-state index contributed by atoms with van der Waals surface area (Å²) in [6.07, 6.45) is 1.65. The fraction of sp³-hybridized carbons (Fsp3) is 0.143. The van der Waals surface area contributed by atoms with Crippen LogP contribution in [0.3, 0.4) is 0 Å². The third-order valence-corrected chi connectivity index (χ3v) is 2.92. The Kier molecular flexibility index (Phi) is 4.30. The predicted molar refractivity (Wildman–Crippen MR) is 76.8 cm³/mol. The van der Waals surface area contributed by atoms with E-state index in [1.54, 1.807) is 24.4 Å². The summed E-state index contributed by atoms with van der Waals surface area (Å²) in [6.45, 7) is 6.10. The lowest BCUT2D eigenvalue weighted by molar-refractivity contribution is 0.102. The first-order valence-electron chi connectivity index (χ1n) is 5.73. The van der Waals surface area contributed by atoms with Crippen molar-refractivity contribution in [1.82, 2.24) is 4.98 Å². The number of nitrogens with zero attached hydrogens (tertiary/aromatic N) is 1. The Morgan fingerprint density at radius 1 is 1.53 bits per heavy atom. The molecule has 0 atom stereocenters. The predicted octanol–water partition coefficient (Wildman–Crippen LogP) is 3.35. The maximum absolute atomic E-state index is 12.0. The fourth-order valence-corrected chi connectivity index (χ4v) is 1.91. The summed E-state index contributed by atoms with van der Waals surface area (Å²) in [5.41, 5.74) is 1.46. The van der Waals surface area contributed by atoms with Gasteiger partial charge in [-0.15, -0.1) is 11.3 Å². The lowest BCUT2D eigenvalue weighted by Crippen LogP contribution is -2.11. The van der Waals surface area contributed by atoms with Gasteiger partial charge in [-0.1, -0.05) is 12.6 Å². The zero-order valence-electron chi connectivity index (χ0n) is 10.6. The molecular weight excluding hydrogens is 260 g/mol. The summed E-state index contributed by atoms with van der Waals surface area (Å²) in [5.74, 6) is 0.450. The zero-order chi connectivity index (χ0) is 13.7. The number of nitrogens with one attached hydrogen (secondary N) is 1. The Hall–Kier alpha value is -2.14. The molecule has 2 aromatic rings. The van der Waals surface area contributed by atoms with Gasteiger partial charge in [0.2, 0.25) is 0 Å². The lowest BCUT2D eigenvalue weighted by Gasteiger charge is -2.07.